The summed E-state index contributed by atoms with van der Waals surface area (Å²) in [6.07, 6.45) is 1.62. The molecular formula is C8H12F2N2S. The maximum Gasteiger partial charge on any atom is 0.290 e. The van der Waals surface area contributed by atoms with Crippen LogP contribution in [0, 0.1) is 6.92 Å². The maximum atomic E-state index is 12.1. The molecule has 0 atom stereocenters. The van der Waals surface area contributed by atoms with Crippen molar-refractivity contribution >= 4 is 11.8 Å². The van der Waals surface area contributed by atoms with E-state index in [0.29, 0.717) is 16.8 Å². The van der Waals surface area contributed by atoms with Crippen LogP contribution in [-0.4, -0.2) is 15.5 Å². The number of aryl methyl sites for hydroxylation is 1. The minimum atomic E-state index is -2.38. The Labute approximate surface area is 80.3 Å². The van der Waals surface area contributed by atoms with Crippen molar-refractivity contribution in [3.05, 3.63) is 11.8 Å². The average Bonchev–Trinajstić information content (AvgIpc) is 2.32. The quantitative estimate of drug-likeness (QED) is 0.707. The molecule has 0 unspecified atom stereocenters. The number of halogens is 2. The first-order valence-corrected chi connectivity index (χ1v) is 4.89. The third-order valence-corrected chi connectivity index (χ3v) is 2.52. The van der Waals surface area contributed by atoms with Crippen molar-refractivity contribution in [3.8, 4) is 0 Å². The average molecular weight is 206 g/mol. The Balaban J connectivity index is 2.94. The lowest BCUT2D eigenvalue weighted by atomic mass is 10.4. The topological polar surface area (TPSA) is 17.8 Å². The van der Waals surface area contributed by atoms with Gasteiger partial charge in [-0.1, -0.05) is 0 Å². The molecule has 5 heteroatoms. The lowest BCUT2D eigenvalue weighted by molar-refractivity contribution is 0.251. The fraction of sp³-hybridized carbons (Fsp3) is 0.625. The Hall–Kier alpha value is -0.580. The molecule has 0 saturated carbocycles. The second-order valence-electron chi connectivity index (χ2n) is 3.05. The molecule has 13 heavy (non-hydrogen) atoms. The molecular weight excluding hydrogens is 194 g/mol. The van der Waals surface area contributed by atoms with Crippen LogP contribution < -0.4 is 0 Å². The summed E-state index contributed by atoms with van der Waals surface area (Å²) in [5, 5.41) is 4.59. The summed E-state index contributed by atoms with van der Waals surface area (Å²) in [4.78, 5) is 0. The number of alkyl halides is 2. The lowest BCUT2D eigenvalue weighted by Crippen LogP contribution is -2.05. The molecule has 0 N–H and O–H groups in total. The van der Waals surface area contributed by atoms with E-state index in [1.807, 2.05) is 13.8 Å². The van der Waals surface area contributed by atoms with Gasteiger partial charge in [0, 0.05) is 11.6 Å². The largest absolute Gasteiger partial charge is 0.290 e. The fourth-order valence-electron chi connectivity index (χ4n) is 1.04. The number of hydrogen-bond donors (Lipinski definition) is 0. The summed E-state index contributed by atoms with van der Waals surface area (Å²) in [5.74, 6) is -2.38. The molecule has 0 saturated heterocycles. The second-order valence-corrected chi connectivity index (χ2v) is 4.03. The predicted molar refractivity (Wildman–Crippen MR) is 49.2 cm³/mol. The van der Waals surface area contributed by atoms with Gasteiger partial charge in [-0.25, -0.2) is 0 Å². The first-order valence-electron chi connectivity index (χ1n) is 4.01. The molecule has 0 amide bonds. The monoisotopic (exact) mass is 206 g/mol. The third-order valence-electron chi connectivity index (χ3n) is 1.61. The molecule has 74 valence electrons. The van der Waals surface area contributed by atoms with Gasteiger partial charge in [0.25, 0.3) is 5.76 Å². The van der Waals surface area contributed by atoms with Crippen molar-refractivity contribution in [1.29, 1.82) is 0 Å². The zero-order valence-corrected chi connectivity index (χ0v) is 8.61. The molecule has 1 rings (SSSR count). The first-order chi connectivity index (χ1) is 6.02. The highest BCUT2D eigenvalue weighted by atomic mass is 32.2. The molecule has 2 nitrogen and oxygen atoms in total. The van der Waals surface area contributed by atoms with Gasteiger partial charge in [-0.05, 0) is 32.5 Å². The molecule has 0 fully saturated rings. The summed E-state index contributed by atoms with van der Waals surface area (Å²) in [5.41, 5.74) is 0.805. The highest BCUT2D eigenvalue weighted by molar-refractivity contribution is 7.99. The van der Waals surface area contributed by atoms with Crippen LogP contribution in [0.3, 0.4) is 0 Å². The minimum absolute atomic E-state index is 0.120. The van der Waals surface area contributed by atoms with Gasteiger partial charge in [0.1, 0.15) is 5.03 Å². The van der Waals surface area contributed by atoms with E-state index >= 15 is 0 Å². The molecule has 0 aliphatic heterocycles. The Kier molecular flexibility index (Phi) is 3.30. The van der Waals surface area contributed by atoms with E-state index in [9.17, 15) is 8.78 Å². The van der Waals surface area contributed by atoms with Crippen molar-refractivity contribution in [2.75, 3.05) is 0 Å². The van der Waals surface area contributed by atoms with Crippen LogP contribution in [0.25, 0.3) is 0 Å². The lowest BCUT2D eigenvalue weighted by Gasteiger charge is -2.10. The molecule has 0 aliphatic rings. The van der Waals surface area contributed by atoms with Gasteiger partial charge in [0.15, 0.2) is 0 Å². The van der Waals surface area contributed by atoms with Gasteiger partial charge in [-0.15, -0.1) is 0 Å². The maximum absolute atomic E-state index is 12.1. The van der Waals surface area contributed by atoms with Gasteiger partial charge < -0.3 is 0 Å². The second kappa shape index (κ2) is 4.09. The Morgan fingerprint density at radius 1 is 1.46 bits per heavy atom. The Bertz CT molecular complexity index is 284. The molecule has 0 bridgehead atoms. The highest BCUT2D eigenvalue weighted by Crippen LogP contribution is 2.29. The number of nitrogens with zero attached hydrogens (tertiary/aromatic N) is 2. The summed E-state index contributed by atoms with van der Waals surface area (Å²) < 4.78 is 25.9. The van der Waals surface area contributed by atoms with Crippen LogP contribution >= 0.6 is 11.8 Å². The molecule has 0 aromatic carbocycles. The SMILES string of the molecule is Cc1cnn(C(C)C)c1SC(F)F. The number of thioether (sulfide) groups is 1. The van der Waals surface area contributed by atoms with Gasteiger partial charge in [-0.2, -0.15) is 13.9 Å². The van der Waals surface area contributed by atoms with E-state index in [1.165, 1.54) is 0 Å². The third kappa shape index (κ3) is 2.43. The molecule has 1 heterocycles. The van der Waals surface area contributed by atoms with Gasteiger partial charge in [0.05, 0.1) is 6.20 Å². The Morgan fingerprint density at radius 2 is 2.08 bits per heavy atom. The molecule has 0 radical (unpaired) electrons. The van der Waals surface area contributed by atoms with Crippen molar-refractivity contribution in [3.63, 3.8) is 0 Å². The van der Waals surface area contributed by atoms with E-state index in [-0.39, 0.29) is 6.04 Å². The molecule has 0 aliphatic carbocycles. The van der Waals surface area contributed by atoms with Crippen molar-refractivity contribution in [1.82, 2.24) is 9.78 Å². The minimum Gasteiger partial charge on any atom is -0.256 e. The molecule has 1 aromatic rings. The zero-order valence-electron chi connectivity index (χ0n) is 7.79. The van der Waals surface area contributed by atoms with E-state index in [4.69, 9.17) is 0 Å². The predicted octanol–water partition coefficient (Wildman–Crippen LogP) is 3.09. The summed E-state index contributed by atoms with van der Waals surface area (Å²) in [6.45, 7) is 5.63. The van der Waals surface area contributed by atoms with Gasteiger partial charge in [0.2, 0.25) is 0 Å². The van der Waals surface area contributed by atoms with E-state index < -0.39 is 5.76 Å². The van der Waals surface area contributed by atoms with E-state index in [1.54, 1.807) is 17.8 Å². The standard InChI is InChI=1S/C8H12F2N2S/c1-5(2)12-7(13-8(9)10)6(3)4-11-12/h4-5,8H,1-3H3. The summed E-state index contributed by atoms with van der Waals surface area (Å²) in [7, 11) is 0. The number of hydrogen-bond acceptors (Lipinski definition) is 2. The zero-order chi connectivity index (χ0) is 10.0. The summed E-state index contributed by atoms with van der Waals surface area (Å²) >= 11 is 0.554. The van der Waals surface area contributed by atoms with Crippen LogP contribution in [-0.2, 0) is 0 Å². The molecule has 1 aromatic heterocycles. The van der Waals surface area contributed by atoms with Crippen LogP contribution in [0.5, 0.6) is 0 Å². The van der Waals surface area contributed by atoms with Gasteiger partial charge in [-0.3, -0.25) is 4.68 Å². The highest BCUT2D eigenvalue weighted by Gasteiger charge is 2.15. The van der Waals surface area contributed by atoms with Crippen molar-refractivity contribution in [2.45, 2.75) is 37.6 Å². The van der Waals surface area contributed by atoms with Crippen molar-refractivity contribution in [2.24, 2.45) is 0 Å². The fourth-order valence-corrected chi connectivity index (χ4v) is 1.81. The van der Waals surface area contributed by atoms with E-state index in [0.717, 1.165) is 5.56 Å². The van der Waals surface area contributed by atoms with Crippen LogP contribution in [0.15, 0.2) is 11.2 Å². The van der Waals surface area contributed by atoms with Crippen LogP contribution in [0.2, 0.25) is 0 Å². The Morgan fingerprint density at radius 3 is 2.54 bits per heavy atom. The normalized spacial score (nSPS) is 11.6. The molecule has 0 spiro atoms. The van der Waals surface area contributed by atoms with Crippen LogP contribution in [0.4, 0.5) is 8.78 Å². The summed E-state index contributed by atoms with van der Waals surface area (Å²) in [6, 6.07) is 0.120. The van der Waals surface area contributed by atoms with Gasteiger partial charge >= 0.3 is 0 Å². The number of rotatable bonds is 3. The number of aromatic nitrogens is 2. The van der Waals surface area contributed by atoms with Crippen molar-refractivity contribution < 1.29 is 8.78 Å². The van der Waals surface area contributed by atoms with Crippen LogP contribution in [0.1, 0.15) is 25.5 Å². The first kappa shape index (κ1) is 10.5. The smallest absolute Gasteiger partial charge is 0.256 e. The van der Waals surface area contributed by atoms with E-state index in [2.05, 4.69) is 5.10 Å².